The highest BCUT2D eigenvalue weighted by molar-refractivity contribution is 5.77. The van der Waals surface area contributed by atoms with Gasteiger partial charge in [0.15, 0.2) is 5.58 Å². The van der Waals surface area contributed by atoms with Crippen LogP contribution in [0.5, 0.6) is 0 Å². The lowest BCUT2D eigenvalue weighted by Crippen LogP contribution is -2.40. The Hall–Kier alpha value is -2.38. The third-order valence-electron chi connectivity index (χ3n) is 4.26. The number of nitrogens with two attached hydrogens (primary N) is 1. The highest BCUT2D eigenvalue weighted by Gasteiger charge is 2.30. The highest BCUT2D eigenvalue weighted by atomic mass is 19.4. The first-order valence-corrected chi connectivity index (χ1v) is 8.15. The molecule has 0 aliphatic rings. The summed E-state index contributed by atoms with van der Waals surface area (Å²) in [5, 5.41) is 9.22. The number of nitrogens with zero attached hydrogens (tertiary/aromatic N) is 1. The third-order valence-corrected chi connectivity index (χ3v) is 4.26. The largest absolute Gasteiger partial charge is 0.436 e. The van der Waals surface area contributed by atoms with Gasteiger partial charge < -0.3 is 15.3 Å². The van der Waals surface area contributed by atoms with Crippen molar-refractivity contribution in [1.82, 2.24) is 4.98 Å². The second-order valence-corrected chi connectivity index (χ2v) is 6.71. The zero-order valence-corrected chi connectivity index (χ0v) is 14.2. The van der Waals surface area contributed by atoms with Crippen LogP contribution in [0.4, 0.5) is 13.2 Å². The van der Waals surface area contributed by atoms with Crippen LogP contribution in [0.3, 0.4) is 0 Å². The number of aryl methyl sites for hydroxylation is 1. The molecular formula is C19H19F3N2O2. The van der Waals surface area contributed by atoms with E-state index >= 15 is 0 Å². The number of fused-ring (bicyclic) bond motifs is 1. The van der Waals surface area contributed by atoms with E-state index in [2.05, 4.69) is 4.98 Å². The quantitative estimate of drug-likeness (QED) is 0.713. The van der Waals surface area contributed by atoms with Crippen molar-refractivity contribution >= 4 is 11.1 Å². The standard InChI is InChI=1S/C19H19F3N2O2/c1-18(23,11-25)9-8-12-2-7-16-15(10-12)24-17(26-16)13-3-5-14(6-4-13)19(20,21)22/h2-7,10,25H,8-9,11,23H2,1H3. The summed E-state index contributed by atoms with van der Waals surface area (Å²) in [6.07, 6.45) is -3.09. The van der Waals surface area contributed by atoms with Gasteiger partial charge in [0.25, 0.3) is 0 Å². The minimum Gasteiger partial charge on any atom is -0.436 e. The van der Waals surface area contributed by atoms with Gasteiger partial charge in [-0.2, -0.15) is 13.2 Å². The van der Waals surface area contributed by atoms with Crippen LogP contribution in [0.15, 0.2) is 46.9 Å². The molecule has 2 aromatic carbocycles. The maximum absolute atomic E-state index is 12.7. The van der Waals surface area contributed by atoms with E-state index in [9.17, 15) is 18.3 Å². The summed E-state index contributed by atoms with van der Waals surface area (Å²) < 4.78 is 43.6. The molecule has 0 saturated heterocycles. The molecule has 0 amide bonds. The molecule has 7 heteroatoms. The molecule has 0 aliphatic heterocycles. The van der Waals surface area contributed by atoms with Gasteiger partial charge in [-0.25, -0.2) is 4.98 Å². The number of halogens is 3. The predicted molar refractivity (Wildman–Crippen MR) is 92.4 cm³/mol. The highest BCUT2D eigenvalue weighted by Crippen LogP contribution is 2.31. The van der Waals surface area contributed by atoms with E-state index in [1.807, 2.05) is 12.1 Å². The van der Waals surface area contributed by atoms with E-state index in [4.69, 9.17) is 10.2 Å². The van der Waals surface area contributed by atoms with Crippen LogP contribution in [0, 0.1) is 0 Å². The molecule has 0 aliphatic carbocycles. The number of alkyl halides is 3. The molecule has 0 spiro atoms. The van der Waals surface area contributed by atoms with E-state index in [0.717, 1.165) is 17.7 Å². The topological polar surface area (TPSA) is 72.3 Å². The predicted octanol–water partition coefficient (Wildman–Crippen LogP) is 4.16. The normalized spacial score (nSPS) is 14.5. The Labute approximate surface area is 148 Å². The third kappa shape index (κ3) is 4.05. The van der Waals surface area contributed by atoms with Gasteiger partial charge in [-0.15, -0.1) is 0 Å². The number of hydrogen-bond donors (Lipinski definition) is 2. The number of rotatable bonds is 5. The molecule has 1 atom stereocenters. The van der Waals surface area contributed by atoms with Crippen LogP contribution < -0.4 is 5.73 Å². The minimum atomic E-state index is -4.37. The summed E-state index contributed by atoms with van der Waals surface area (Å²) in [6, 6.07) is 10.2. The first-order valence-electron chi connectivity index (χ1n) is 8.15. The summed E-state index contributed by atoms with van der Waals surface area (Å²) in [4.78, 5) is 4.37. The lowest BCUT2D eigenvalue weighted by Gasteiger charge is -2.21. The molecule has 138 valence electrons. The molecule has 0 bridgehead atoms. The van der Waals surface area contributed by atoms with Crippen molar-refractivity contribution in [1.29, 1.82) is 0 Å². The van der Waals surface area contributed by atoms with Crippen molar-refractivity contribution in [3.8, 4) is 11.5 Å². The van der Waals surface area contributed by atoms with Crippen molar-refractivity contribution in [2.75, 3.05) is 6.61 Å². The van der Waals surface area contributed by atoms with E-state index in [1.54, 1.807) is 13.0 Å². The van der Waals surface area contributed by atoms with Gasteiger partial charge in [-0.3, -0.25) is 0 Å². The smallest absolute Gasteiger partial charge is 0.416 e. The van der Waals surface area contributed by atoms with Crippen molar-refractivity contribution < 1.29 is 22.7 Å². The number of aliphatic hydroxyl groups excluding tert-OH is 1. The van der Waals surface area contributed by atoms with Gasteiger partial charge in [0, 0.05) is 11.1 Å². The summed E-state index contributed by atoms with van der Waals surface area (Å²) in [5.41, 5.74) is 7.23. The van der Waals surface area contributed by atoms with Crippen molar-refractivity contribution in [2.24, 2.45) is 5.73 Å². The molecule has 1 aromatic heterocycles. The van der Waals surface area contributed by atoms with Gasteiger partial charge in [-0.05, 0) is 61.7 Å². The van der Waals surface area contributed by atoms with Crippen LogP contribution in [0.2, 0.25) is 0 Å². The molecule has 3 rings (SSSR count). The summed E-state index contributed by atoms with van der Waals surface area (Å²) in [7, 11) is 0. The molecule has 4 nitrogen and oxygen atoms in total. The molecule has 26 heavy (non-hydrogen) atoms. The zero-order valence-electron chi connectivity index (χ0n) is 14.2. The van der Waals surface area contributed by atoms with Crippen LogP contribution in [0.25, 0.3) is 22.6 Å². The molecule has 1 heterocycles. The van der Waals surface area contributed by atoms with Gasteiger partial charge >= 0.3 is 6.18 Å². The fourth-order valence-corrected chi connectivity index (χ4v) is 2.56. The summed E-state index contributed by atoms with van der Waals surface area (Å²) in [5.74, 6) is 0.268. The van der Waals surface area contributed by atoms with Crippen molar-refractivity contribution in [3.05, 3.63) is 53.6 Å². The lowest BCUT2D eigenvalue weighted by atomic mass is 9.95. The number of hydrogen-bond acceptors (Lipinski definition) is 4. The zero-order chi connectivity index (χ0) is 18.9. The SMILES string of the molecule is CC(N)(CO)CCc1ccc2oc(-c3ccc(C(F)(F)F)cc3)nc2c1. The summed E-state index contributed by atoms with van der Waals surface area (Å²) >= 11 is 0. The first-order chi connectivity index (χ1) is 12.2. The fraction of sp³-hybridized carbons (Fsp3) is 0.316. The van der Waals surface area contributed by atoms with Gasteiger partial charge in [-0.1, -0.05) is 6.07 Å². The van der Waals surface area contributed by atoms with E-state index in [0.29, 0.717) is 29.5 Å². The number of oxazole rings is 1. The second-order valence-electron chi connectivity index (χ2n) is 6.71. The Bertz CT molecular complexity index is 899. The van der Waals surface area contributed by atoms with Gasteiger partial charge in [0.2, 0.25) is 5.89 Å². The second kappa shape index (κ2) is 6.74. The Balaban J connectivity index is 1.83. The fourth-order valence-electron chi connectivity index (χ4n) is 2.56. The molecule has 0 saturated carbocycles. The first kappa shape index (κ1) is 18.4. The maximum Gasteiger partial charge on any atom is 0.416 e. The molecule has 1 unspecified atom stereocenters. The molecular weight excluding hydrogens is 345 g/mol. The van der Waals surface area contributed by atoms with Crippen LogP contribution in [0.1, 0.15) is 24.5 Å². The summed E-state index contributed by atoms with van der Waals surface area (Å²) in [6.45, 7) is 1.68. The van der Waals surface area contributed by atoms with E-state index in [1.165, 1.54) is 12.1 Å². The van der Waals surface area contributed by atoms with Gasteiger partial charge in [0.05, 0.1) is 12.2 Å². The average Bonchev–Trinajstić information content (AvgIpc) is 3.03. The molecule has 0 radical (unpaired) electrons. The lowest BCUT2D eigenvalue weighted by molar-refractivity contribution is -0.137. The number of aromatic nitrogens is 1. The van der Waals surface area contributed by atoms with Crippen molar-refractivity contribution in [2.45, 2.75) is 31.5 Å². The molecule has 3 N–H and O–H groups in total. The monoisotopic (exact) mass is 364 g/mol. The van der Waals surface area contributed by atoms with E-state index < -0.39 is 17.3 Å². The Morgan fingerprint density at radius 2 is 1.81 bits per heavy atom. The maximum atomic E-state index is 12.7. The Morgan fingerprint density at radius 1 is 1.12 bits per heavy atom. The van der Waals surface area contributed by atoms with E-state index in [-0.39, 0.29) is 12.5 Å². The van der Waals surface area contributed by atoms with Crippen LogP contribution in [-0.4, -0.2) is 22.2 Å². The Morgan fingerprint density at radius 3 is 2.42 bits per heavy atom. The average molecular weight is 364 g/mol. The number of benzene rings is 2. The van der Waals surface area contributed by atoms with Crippen LogP contribution >= 0.6 is 0 Å². The van der Waals surface area contributed by atoms with Gasteiger partial charge in [0.1, 0.15) is 5.52 Å². The number of aliphatic hydroxyl groups is 1. The molecule has 0 fully saturated rings. The van der Waals surface area contributed by atoms with Crippen LogP contribution in [-0.2, 0) is 12.6 Å². The van der Waals surface area contributed by atoms with Crippen molar-refractivity contribution in [3.63, 3.8) is 0 Å². The molecule has 3 aromatic rings. The Kier molecular flexibility index (Phi) is 4.77. The minimum absolute atomic E-state index is 0.0999.